The number of unbranched alkanes of at least 4 members (excludes halogenated alkanes) is 1. The van der Waals surface area contributed by atoms with E-state index in [1.807, 2.05) is 78.9 Å². The summed E-state index contributed by atoms with van der Waals surface area (Å²) in [5.74, 6) is -0.0454. The van der Waals surface area contributed by atoms with E-state index in [0.29, 0.717) is 16.1 Å². The lowest BCUT2D eigenvalue weighted by atomic mass is 9.74. The number of halogens is 4. The average Bonchev–Trinajstić information content (AvgIpc) is 3.25. The van der Waals surface area contributed by atoms with Crippen LogP contribution in [0, 0.1) is 0 Å². The maximum absolute atomic E-state index is 14.2. The summed E-state index contributed by atoms with van der Waals surface area (Å²) < 4.78 is 42.5. The summed E-state index contributed by atoms with van der Waals surface area (Å²) in [5, 5.41) is 2.68. The van der Waals surface area contributed by atoms with Crippen molar-refractivity contribution in [3.8, 4) is 66.8 Å². The molecule has 0 N–H and O–H groups in total. The van der Waals surface area contributed by atoms with E-state index >= 15 is 0 Å². The van der Waals surface area contributed by atoms with E-state index in [0.717, 1.165) is 91.2 Å². The summed E-state index contributed by atoms with van der Waals surface area (Å²) in [5.41, 5.74) is 11.6. The van der Waals surface area contributed by atoms with Crippen molar-refractivity contribution in [3.05, 3.63) is 192 Å². The maximum atomic E-state index is 14.2. The Morgan fingerprint density at radius 2 is 0.931 bits per heavy atom. The van der Waals surface area contributed by atoms with Gasteiger partial charge in [0.2, 0.25) is 0 Å². The van der Waals surface area contributed by atoms with Crippen LogP contribution in [0.2, 0.25) is 5.02 Å². The van der Waals surface area contributed by atoms with Gasteiger partial charge in [0.25, 0.3) is 0 Å². The average molecular weight is 785 g/mol. The molecule has 0 saturated carbocycles. The fourth-order valence-electron chi connectivity index (χ4n) is 7.96. The SMILES string of the molecule is CCCCc1ccc(-c2c(-c3ccc(Cl)cc3)c(-c3ccccc3)c(-c3ccc(C(F)(F)F)cc3)c(-c3ccc4ccccc4c3)c2-c2ccc(C(C)=O)cc2)cc1. The van der Waals surface area contributed by atoms with Crippen molar-refractivity contribution in [1.82, 2.24) is 0 Å². The van der Waals surface area contributed by atoms with Gasteiger partial charge in [-0.15, -0.1) is 0 Å². The second kappa shape index (κ2) is 16.3. The first-order valence-electron chi connectivity index (χ1n) is 19.5. The topological polar surface area (TPSA) is 17.1 Å². The van der Waals surface area contributed by atoms with Gasteiger partial charge in [-0.2, -0.15) is 13.2 Å². The number of fused-ring (bicyclic) bond motifs is 1. The molecule has 8 rings (SSSR count). The standard InChI is InChI=1S/C53H40ClF3O/c1-3-4-10-35-15-17-39(18-16-35)48-49(42-27-31-46(54)32-28-42)47(38-12-6-5-7-13-38)51(41-25-29-45(30-26-41)53(55,56)57)52(44-24-21-37-11-8-9-14-43(37)33-44)50(48)40-22-19-36(20-23-40)34(2)58/h5-9,11-33H,3-4,10H2,1-2H3. The largest absolute Gasteiger partial charge is 0.416 e. The van der Waals surface area contributed by atoms with Gasteiger partial charge < -0.3 is 0 Å². The van der Waals surface area contributed by atoms with E-state index in [9.17, 15) is 18.0 Å². The van der Waals surface area contributed by atoms with Crippen LogP contribution in [0.15, 0.2) is 170 Å². The van der Waals surface area contributed by atoms with Gasteiger partial charge in [-0.3, -0.25) is 4.79 Å². The summed E-state index contributed by atoms with van der Waals surface area (Å²) >= 11 is 6.55. The Balaban J connectivity index is 1.63. The van der Waals surface area contributed by atoms with Crippen molar-refractivity contribution in [2.24, 2.45) is 0 Å². The van der Waals surface area contributed by atoms with Crippen LogP contribution in [0.5, 0.6) is 0 Å². The Bertz CT molecular complexity index is 2730. The van der Waals surface area contributed by atoms with Crippen molar-refractivity contribution in [1.29, 1.82) is 0 Å². The van der Waals surface area contributed by atoms with E-state index in [2.05, 4.69) is 73.7 Å². The van der Waals surface area contributed by atoms with Gasteiger partial charge in [-0.05, 0) is 133 Å². The molecule has 0 amide bonds. The van der Waals surface area contributed by atoms with Crippen LogP contribution in [0.3, 0.4) is 0 Å². The summed E-state index contributed by atoms with van der Waals surface area (Å²) in [6.07, 6.45) is -1.38. The minimum absolute atomic E-state index is 0.0454. The first kappa shape index (κ1) is 38.6. The molecule has 0 radical (unpaired) electrons. The van der Waals surface area contributed by atoms with E-state index in [4.69, 9.17) is 11.6 Å². The van der Waals surface area contributed by atoms with Crippen molar-refractivity contribution >= 4 is 28.2 Å². The molecule has 0 fully saturated rings. The van der Waals surface area contributed by atoms with Crippen LogP contribution >= 0.6 is 11.6 Å². The van der Waals surface area contributed by atoms with E-state index in [1.165, 1.54) is 17.7 Å². The first-order chi connectivity index (χ1) is 28.1. The smallest absolute Gasteiger partial charge is 0.295 e. The number of hydrogen-bond acceptors (Lipinski definition) is 1. The van der Waals surface area contributed by atoms with E-state index < -0.39 is 11.7 Å². The molecule has 58 heavy (non-hydrogen) atoms. The molecule has 0 saturated heterocycles. The highest BCUT2D eigenvalue weighted by molar-refractivity contribution is 6.30. The molecule has 8 aromatic rings. The van der Waals surface area contributed by atoms with Gasteiger partial charge in [-0.25, -0.2) is 0 Å². The van der Waals surface area contributed by atoms with E-state index in [1.54, 1.807) is 19.1 Å². The highest BCUT2D eigenvalue weighted by Gasteiger charge is 2.32. The van der Waals surface area contributed by atoms with Crippen LogP contribution in [-0.4, -0.2) is 5.78 Å². The zero-order valence-electron chi connectivity index (χ0n) is 32.2. The van der Waals surface area contributed by atoms with Crippen LogP contribution in [0.1, 0.15) is 48.2 Å². The molecular formula is C53H40ClF3O. The third kappa shape index (κ3) is 7.73. The van der Waals surface area contributed by atoms with Crippen molar-refractivity contribution in [2.45, 2.75) is 39.3 Å². The molecule has 0 spiro atoms. The Morgan fingerprint density at radius 3 is 1.45 bits per heavy atom. The minimum atomic E-state index is -4.51. The van der Waals surface area contributed by atoms with Crippen LogP contribution < -0.4 is 0 Å². The quantitative estimate of drug-likeness (QED) is 0.126. The molecule has 8 aromatic carbocycles. The fraction of sp³-hybridized carbons (Fsp3) is 0.113. The summed E-state index contributed by atoms with van der Waals surface area (Å²) in [4.78, 5) is 12.6. The van der Waals surface area contributed by atoms with Gasteiger partial charge >= 0.3 is 6.18 Å². The predicted molar refractivity (Wildman–Crippen MR) is 235 cm³/mol. The van der Waals surface area contributed by atoms with Crippen LogP contribution in [-0.2, 0) is 12.6 Å². The monoisotopic (exact) mass is 784 g/mol. The zero-order valence-corrected chi connectivity index (χ0v) is 33.0. The first-order valence-corrected chi connectivity index (χ1v) is 19.9. The van der Waals surface area contributed by atoms with Gasteiger partial charge in [0.15, 0.2) is 5.78 Å². The second-order valence-corrected chi connectivity index (χ2v) is 15.1. The van der Waals surface area contributed by atoms with Gasteiger partial charge in [0.1, 0.15) is 0 Å². The lowest BCUT2D eigenvalue weighted by Crippen LogP contribution is -2.05. The number of ketones is 1. The lowest BCUT2D eigenvalue weighted by molar-refractivity contribution is -0.137. The maximum Gasteiger partial charge on any atom is 0.416 e. The van der Waals surface area contributed by atoms with Gasteiger partial charge in [-0.1, -0.05) is 164 Å². The summed E-state index contributed by atoms with van der Waals surface area (Å²) in [6.45, 7) is 3.74. The van der Waals surface area contributed by atoms with Crippen molar-refractivity contribution in [2.75, 3.05) is 0 Å². The Labute approximate surface area is 342 Å². The molecule has 0 unspecified atom stereocenters. The number of Topliss-reactive ketones (excluding diaryl/α,β-unsaturated/α-hetero) is 1. The highest BCUT2D eigenvalue weighted by Crippen LogP contribution is 2.56. The molecule has 0 aliphatic rings. The molecule has 0 aliphatic heterocycles. The molecule has 286 valence electrons. The summed E-state index contributed by atoms with van der Waals surface area (Å²) in [6, 6.07) is 54.3. The molecule has 0 bridgehead atoms. The molecule has 0 heterocycles. The highest BCUT2D eigenvalue weighted by atomic mass is 35.5. The number of carbonyl (C=O) groups is 1. The Hall–Kier alpha value is -6.23. The third-order valence-corrected chi connectivity index (χ3v) is 11.1. The summed E-state index contributed by atoms with van der Waals surface area (Å²) in [7, 11) is 0. The molecule has 0 aromatic heterocycles. The van der Waals surface area contributed by atoms with Gasteiger partial charge in [0.05, 0.1) is 5.56 Å². The number of rotatable bonds is 10. The predicted octanol–water partition coefficient (Wildman–Crippen LogP) is 16.1. The number of alkyl halides is 3. The Kier molecular flexibility index (Phi) is 10.9. The molecule has 0 atom stereocenters. The molecule has 0 aliphatic carbocycles. The molecular weight excluding hydrogens is 745 g/mol. The minimum Gasteiger partial charge on any atom is -0.295 e. The molecule has 1 nitrogen and oxygen atoms in total. The molecule has 5 heteroatoms. The third-order valence-electron chi connectivity index (χ3n) is 10.9. The second-order valence-electron chi connectivity index (χ2n) is 14.7. The lowest BCUT2D eigenvalue weighted by Gasteiger charge is -2.29. The zero-order chi connectivity index (χ0) is 40.4. The number of benzene rings is 8. The number of hydrogen-bond donors (Lipinski definition) is 0. The number of aryl methyl sites for hydroxylation is 1. The number of carbonyl (C=O) groups excluding carboxylic acids is 1. The Morgan fingerprint density at radius 1 is 0.500 bits per heavy atom. The van der Waals surface area contributed by atoms with Crippen LogP contribution in [0.4, 0.5) is 13.2 Å². The van der Waals surface area contributed by atoms with Crippen LogP contribution in [0.25, 0.3) is 77.5 Å². The van der Waals surface area contributed by atoms with Crippen molar-refractivity contribution in [3.63, 3.8) is 0 Å². The van der Waals surface area contributed by atoms with Crippen molar-refractivity contribution < 1.29 is 18.0 Å². The fourth-order valence-corrected chi connectivity index (χ4v) is 8.09. The normalized spacial score (nSPS) is 11.6. The van der Waals surface area contributed by atoms with Gasteiger partial charge in [0, 0.05) is 10.6 Å². The van der Waals surface area contributed by atoms with E-state index in [-0.39, 0.29) is 5.78 Å².